The number of fused-ring (bicyclic) bond motifs is 6. The Labute approximate surface area is 312 Å². The molecule has 2 aliphatic heterocycles. The van der Waals surface area contributed by atoms with Gasteiger partial charge in [0.2, 0.25) is 0 Å². The first-order valence-electron chi connectivity index (χ1n) is 18.8. The first-order chi connectivity index (χ1) is 25.7. The van der Waals surface area contributed by atoms with Crippen LogP contribution in [0, 0.1) is 6.92 Å². The second-order valence-electron chi connectivity index (χ2n) is 15.9. The maximum Gasteiger partial charge on any atom is 0.0543 e. The minimum atomic E-state index is -0.193. The molecule has 0 spiro atoms. The summed E-state index contributed by atoms with van der Waals surface area (Å²) in [6.45, 7) is 11.7. The fourth-order valence-corrected chi connectivity index (χ4v) is 9.29. The number of rotatable bonds is 4. The second kappa shape index (κ2) is 11.4. The normalized spacial score (nSPS) is 14.8. The Morgan fingerprint density at radius 3 is 1.83 bits per heavy atom. The number of nitrogens with zero attached hydrogens (tertiary/aromatic N) is 2. The highest BCUT2D eigenvalue weighted by Gasteiger charge is 2.45. The Kier molecular flexibility index (Phi) is 6.82. The van der Waals surface area contributed by atoms with Gasteiger partial charge in [0.1, 0.15) is 0 Å². The van der Waals surface area contributed by atoms with Crippen molar-refractivity contribution >= 4 is 55.7 Å². The molecule has 8 aromatic carbocycles. The zero-order valence-corrected chi connectivity index (χ0v) is 31.0. The lowest BCUT2D eigenvalue weighted by molar-refractivity contribution is 0.597. The Morgan fingerprint density at radius 1 is 0.453 bits per heavy atom. The summed E-state index contributed by atoms with van der Waals surface area (Å²) in [6.07, 6.45) is 0. The van der Waals surface area contributed by atoms with Gasteiger partial charge in [-0.25, -0.2) is 0 Å². The number of para-hydroxylation sites is 2. The second-order valence-corrected chi connectivity index (χ2v) is 15.9. The molecule has 0 saturated heterocycles. The average Bonchev–Trinajstić information content (AvgIpc) is 3.18. The maximum absolute atomic E-state index is 2.54. The predicted octanol–water partition coefficient (Wildman–Crippen LogP) is 14.2. The molecule has 256 valence electrons. The fourth-order valence-electron chi connectivity index (χ4n) is 9.29. The van der Waals surface area contributed by atoms with Gasteiger partial charge in [-0.1, -0.05) is 155 Å². The fraction of sp³-hybridized carbons (Fsp3) is 0.137. The van der Waals surface area contributed by atoms with Crippen molar-refractivity contribution in [1.29, 1.82) is 0 Å². The lowest BCUT2D eigenvalue weighted by Crippen LogP contribution is -2.38. The van der Waals surface area contributed by atoms with Crippen molar-refractivity contribution in [2.24, 2.45) is 0 Å². The Hall–Kier alpha value is -6.12. The van der Waals surface area contributed by atoms with Crippen molar-refractivity contribution in [2.75, 3.05) is 9.80 Å². The van der Waals surface area contributed by atoms with Crippen molar-refractivity contribution in [3.8, 4) is 11.1 Å². The zero-order valence-electron chi connectivity index (χ0n) is 31.0. The highest BCUT2D eigenvalue weighted by Crippen LogP contribution is 2.60. The molecule has 53 heavy (non-hydrogen) atoms. The Bertz CT molecular complexity index is 2750. The van der Waals surface area contributed by atoms with E-state index in [-0.39, 0.29) is 10.8 Å². The highest BCUT2D eigenvalue weighted by atomic mass is 15.2. The third kappa shape index (κ3) is 4.58. The summed E-state index contributed by atoms with van der Waals surface area (Å²) in [5.74, 6) is 0. The molecule has 0 aliphatic carbocycles. The summed E-state index contributed by atoms with van der Waals surface area (Å²) in [7, 11) is 0. The Balaban J connectivity index is 1.17. The summed E-state index contributed by atoms with van der Waals surface area (Å²) in [6, 6.07) is 60.9. The van der Waals surface area contributed by atoms with Crippen LogP contribution < -0.4 is 9.80 Å². The summed E-state index contributed by atoms with van der Waals surface area (Å²) in [5.41, 5.74) is 16.3. The van der Waals surface area contributed by atoms with Gasteiger partial charge in [-0.2, -0.15) is 0 Å². The Morgan fingerprint density at radius 2 is 1.04 bits per heavy atom. The SMILES string of the molecule is Cc1ccc(N(c2cccc3ccccc23)c2ccc(-c3ccc4c(c3)C(C)(C)c3cccc5c3N4c3ccccc3C5(C)C)c3ccccc23)cc1. The van der Waals surface area contributed by atoms with E-state index in [0.717, 1.165) is 11.4 Å². The van der Waals surface area contributed by atoms with Crippen LogP contribution in [0.15, 0.2) is 164 Å². The molecule has 0 radical (unpaired) electrons. The molecule has 0 atom stereocenters. The first kappa shape index (κ1) is 31.6. The van der Waals surface area contributed by atoms with Crippen LogP contribution >= 0.6 is 0 Å². The molecule has 0 aromatic heterocycles. The van der Waals surface area contributed by atoms with E-state index in [9.17, 15) is 0 Å². The highest BCUT2D eigenvalue weighted by molar-refractivity contribution is 6.09. The molecule has 10 rings (SSSR count). The molecule has 0 fully saturated rings. The standard InChI is InChI=1S/C51H42N2/c1-33-24-27-36(28-25-33)52(45-23-12-15-34-14-6-7-16-38(34)45)46-31-29-37(39-17-8-9-18-40(39)46)35-26-30-48-44(32-35)51(4,5)43-21-13-20-42-49(43)53(48)47-22-11-10-19-41(47)50(42,2)3/h6-32H,1-5H3. The first-order valence-corrected chi connectivity index (χ1v) is 18.8. The van der Waals surface area contributed by atoms with Gasteiger partial charge in [0.25, 0.3) is 0 Å². The zero-order chi connectivity index (χ0) is 36.1. The quantitative estimate of drug-likeness (QED) is 0.182. The molecule has 2 heterocycles. The van der Waals surface area contributed by atoms with E-state index in [1.807, 2.05) is 0 Å². The van der Waals surface area contributed by atoms with Crippen LogP contribution in [0.2, 0.25) is 0 Å². The third-order valence-corrected chi connectivity index (χ3v) is 12.1. The number of hydrogen-bond acceptors (Lipinski definition) is 2. The van der Waals surface area contributed by atoms with Crippen LogP contribution in [0.25, 0.3) is 32.7 Å². The van der Waals surface area contributed by atoms with Gasteiger partial charge in [0.15, 0.2) is 0 Å². The van der Waals surface area contributed by atoms with Gasteiger partial charge in [0, 0.05) is 27.3 Å². The van der Waals surface area contributed by atoms with E-state index in [1.165, 1.54) is 83.2 Å². The van der Waals surface area contributed by atoms with Gasteiger partial charge in [-0.15, -0.1) is 0 Å². The summed E-state index contributed by atoms with van der Waals surface area (Å²) in [5, 5.41) is 4.92. The largest absolute Gasteiger partial charge is 0.309 e. The molecule has 0 amide bonds. The molecule has 0 bridgehead atoms. The topological polar surface area (TPSA) is 6.48 Å². The smallest absolute Gasteiger partial charge is 0.0543 e. The molecule has 2 nitrogen and oxygen atoms in total. The molecule has 0 unspecified atom stereocenters. The molecule has 2 aliphatic rings. The van der Waals surface area contributed by atoms with Crippen LogP contribution in [0.4, 0.5) is 34.1 Å². The van der Waals surface area contributed by atoms with E-state index >= 15 is 0 Å². The molecule has 0 N–H and O–H groups in total. The summed E-state index contributed by atoms with van der Waals surface area (Å²) >= 11 is 0. The van der Waals surface area contributed by atoms with Gasteiger partial charge >= 0.3 is 0 Å². The molecular formula is C51H42N2. The van der Waals surface area contributed by atoms with Gasteiger partial charge in [-0.05, 0) is 93.5 Å². The van der Waals surface area contributed by atoms with Crippen LogP contribution in [0.1, 0.15) is 55.5 Å². The minimum absolute atomic E-state index is 0.0921. The van der Waals surface area contributed by atoms with Crippen LogP contribution in [0.3, 0.4) is 0 Å². The maximum atomic E-state index is 2.54. The average molecular weight is 683 g/mol. The molecule has 2 heteroatoms. The van der Waals surface area contributed by atoms with E-state index in [1.54, 1.807) is 0 Å². The monoisotopic (exact) mass is 682 g/mol. The minimum Gasteiger partial charge on any atom is -0.309 e. The number of benzene rings is 8. The van der Waals surface area contributed by atoms with E-state index in [4.69, 9.17) is 0 Å². The third-order valence-electron chi connectivity index (χ3n) is 12.1. The van der Waals surface area contributed by atoms with Gasteiger partial charge in [0.05, 0.1) is 28.4 Å². The number of anilines is 6. The number of hydrogen-bond donors (Lipinski definition) is 0. The molecule has 8 aromatic rings. The van der Waals surface area contributed by atoms with Crippen LogP contribution in [-0.2, 0) is 10.8 Å². The van der Waals surface area contributed by atoms with Crippen molar-refractivity contribution < 1.29 is 0 Å². The summed E-state index contributed by atoms with van der Waals surface area (Å²) < 4.78 is 0. The van der Waals surface area contributed by atoms with Crippen molar-refractivity contribution in [3.63, 3.8) is 0 Å². The van der Waals surface area contributed by atoms with Crippen molar-refractivity contribution in [3.05, 3.63) is 192 Å². The van der Waals surface area contributed by atoms with Gasteiger partial charge < -0.3 is 9.80 Å². The van der Waals surface area contributed by atoms with Gasteiger partial charge in [-0.3, -0.25) is 0 Å². The van der Waals surface area contributed by atoms with Crippen LogP contribution in [-0.4, -0.2) is 0 Å². The van der Waals surface area contributed by atoms with Crippen molar-refractivity contribution in [1.82, 2.24) is 0 Å². The molecular weight excluding hydrogens is 641 g/mol. The van der Waals surface area contributed by atoms with E-state index in [2.05, 4.69) is 208 Å². The van der Waals surface area contributed by atoms with Crippen molar-refractivity contribution in [2.45, 2.75) is 45.4 Å². The predicted molar refractivity (Wildman–Crippen MR) is 225 cm³/mol. The van der Waals surface area contributed by atoms with E-state index in [0.29, 0.717) is 0 Å². The van der Waals surface area contributed by atoms with Crippen LogP contribution in [0.5, 0.6) is 0 Å². The lowest BCUT2D eigenvalue weighted by Gasteiger charge is -2.49. The molecule has 0 saturated carbocycles. The lowest BCUT2D eigenvalue weighted by atomic mass is 9.66. The van der Waals surface area contributed by atoms with E-state index < -0.39 is 0 Å². The summed E-state index contributed by atoms with van der Waals surface area (Å²) in [4.78, 5) is 4.98. The number of aryl methyl sites for hydroxylation is 1.